The van der Waals surface area contributed by atoms with E-state index in [1.807, 2.05) is 48.1 Å². The molecule has 0 spiro atoms. The number of fused-ring (bicyclic) bond motifs is 1. The summed E-state index contributed by atoms with van der Waals surface area (Å²) in [6, 6.07) is 9.52. The molecule has 0 bridgehead atoms. The van der Waals surface area contributed by atoms with Crippen LogP contribution in [0.1, 0.15) is 26.5 Å². The zero-order chi connectivity index (χ0) is 20.1. The van der Waals surface area contributed by atoms with Gasteiger partial charge in [0.05, 0.1) is 35.6 Å². The average molecular weight is 420 g/mol. The molecule has 29 heavy (non-hydrogen) atoms. The van der Waals surface area contributed by atoms with Crippen LogP contribution in [0.15, 0.2) is 36.5 Å². The predicted molar refractivity (Wildman–Crippen MR) is 119 cm³/mol. The van der Waals surface area contributed by atoms with Gasteiger partial charge < -0.3 is 9.72 Å². The molecule has 3 aromatic heterocycles. The number of benzene rings is 1. The predicted octanol–water partition coefficient (Wildman–Crippen LogP) is 4.57. The first-order valence-electron chi connectivity index (χ1n) is 9.04. The van der Waals surface area contributed by atoms with Gasteiger partial charge in [0, 0.05) is 16.3 Å². The molecule has 0 unspecified atom stereocenters. The molecule has 0 aliphatic heterocycles. The van der Waals surface area contributed by atoms with Gasteiger partial charge in [0.25, 0.3) is 0 Å². The average Bonchev–Trinajstić information content (AvgIpc) is 3.23. The van der Waals surface area contributed by atoms with Crippen LogP contribution in [-0.4, -0.2) is 61.4 Å². The van der Waals surface area contributed by atoms with Crippen molar-refractivity contribution in [3.8, 4) is 28.5 Å². The van der Waals surface area contributed by atoms with Crippen molar-refractivity contribution in [2.75, 3.05) is 7.11 Å². The zero-order valence-corrected chi connectivity index (χ0v) is 17.3. The van der Waals surface area contributed by atoms with Crippen LogP contribution >= 0.6 is 11.6 Å². The van der Waals surface area contributed by atoms with Crippen molar-refractivity contribution in [3.05, 3.63) is 47.2 Å². The van der Waals surface area contributed by atoms with Gasteiger partial charge in [-0.05, 0) is 39.8 Å². The van der Waals surface area contributed by atoms with Crippen molar-refractivity contribution in [2.45, 2.75) is 33.2 Å². The van der Waals surface area contributed by atoms with E-state index in [9.17, 15) is 0 Å². The number of nitrogens with one attached hydrogen (secondary N) is 1. The molecule has 0 saturated heterocycles. The number of aromatic amines is 1. The van der Waals surface area contributed by atoms with Crippen LogP contribution in [0.3, 0.4) is 0 Å². The summed E-state index contributed by atoms with van der Waals surface area (Å²) in [5, 5.41) is 5.18. The quantitative estimate of drug-likeness (QED) is 0.494. The van der Waals surface area contributed by atoms with E-state index in [0.29, 0.717) is 10.9 Å². The van der Waals surface area contributed by atoms with Crippen molar-refractivity contribution in [1.82, 2.24) is 24.7 Å². The van der Waals surface area contributed by atoms with Crippen LogP contribution in [0.25, 0.3) is 33.7 Å². The van der Waals surface area contributed by atoms with E-state index in [2.05, 4.69) is 35.8 Å². The Bertz CT molecular complexity index is 1180. The van der Waals surface area contributed by atoms with Crippen LogP contribution < -0.4 is 4.74 Å². The molecule has 6 nitrogen and oxygen atoms in total. The Morgan fingerprint density at radius 3 is 2.45 bits per heavy atom. The van der Waals surface area contributed by atoms with Gasteiger partial charge in [-0.15, -0.1) is 0 Å². The number of methoxy groups -OCH3 is 1. The third-order valence-corrected chi connectivity index (χ3v) is 5.01. The van der Waals surface area contributed by atoms with Crippen LogP contribution in [-0.2, 0) is 5.54 Å². The van der Waals surface area contributed by atoms with Crippen molar-refractivity contribution < 1.29 is 4.74 Å². The molecule has 0 radical (unpaired) electrons. The molecular formula is C21H23ClN5NaO. The molecule has 3 heterocycles. The fourth-order valence-electron chi connectivity index (χ4n) is 3.38. The molecule has 1 N–H and O–H groups in total. The molecular weight excluding hydrogens is 397 g/mol. The van der Waals surface area contributed by atoms with E-state index in [-0.39, 0.29) is 35.1 Å². The molecule has 0 aliphatic carbocycles. The van der Waals surface area contributed by atoms with Crippen LogP contribution in [0.5, 0.6) is 5.88 Å². The number of pyridine rings is 1. The standard InChI is InChI=1S/C21H22ClN5O.Na.H/c1-12-14(11-23-27(12)21(2,3)4)19-24-17-10-16(13-8-6-7-9-15(13)22)25-20(28-5)18(17)26-19;;/h6-11H,1-5H3,(H,24,26);;. The van der Waals surface area contributed by atoms with Gasteiger partial charge in [-0.3, -0.25) is 4.68 Å². The molecule has 4 rings (SSSR count). The first-order chi connectivity index (χ1) is 13.3. The van der Waals surface area contributed by atoms with E-state index in [4.69, 9.17) is 21.3 Å². The maximum atomic E-state index is 6.35. The number of hydrogen-bond donors (Lipinski definition) is 1. The summed E-state index contributed by atoms with van der Waals surface area (Å²) in [7, 11) is 1.60. The van der Waals surface area contributed by atoms with E-state index in [1.54, 1.807) is 7.11 Å². The van der Waals surface area contributed by atoms with Gasteiger partial charge in [-0.2, -0.15) is 5.10 Å². The van der Waals surface area contributed by atoms with Crippen LogP contribution in [0.2, 0.25) is 5.02 Å². The number of aromatic nitrogens is 5. The van der Waals surface area contributed by atoms with E-state index in [1.165, 1.54) is 0 Å². The molecule has 0 fully saturated rings. The fourth-order valence-corrected chi connectivity index (χ4v) is 3.61. The minimum absolute atomic E-state index is 0. The monoisotopic (exact) mass is 419 g/mol. The number of imidazole rings is 1. The Labute approximate surface area is 197 Å². The first kappa shape index (κ1) is 21.8. The van der Waals surface area contributed by atoms with Gasteiger partial charge in [0.2, 0.25) is 5.88 Å². The topological polar surface area (TPSA) is 68.6 Å². The molecule has 8 heteroatoms. The molecule has 1 aromatic carbocycles. The Morgan fingerprint density at radius 1 is 1.10 bits per heavy atom. The Kier molecular flexibility index (Phi) is 6.11. The molecule has 0 saturated carbocycles. The molecule has 0 aliphatic rings. The number of hydrogen-bond acceptors (Lipinski definition) is 4. The fraction of sp³-hybridized carbons (Fsp3) is 0.286. The van der Waals surface area contributed by atoms with Gasteiger partial charge in [0.15, 0.2) is 0 Å². The Balaban J connectivity index is 0.00000240. The summed E-state index contributed by atoms with van der Waals surface area (Å²) in [6.45, 7) is 8.42. The van der Waals surface area contributed by atoms with Crippen molar-refractivity contribution >= 4 is 52.2 Å². The summed E-state index contributed by atoms with van der Waals surface area (Å²) < 4.78 is 7.52. The summed E-state index contributed by atoms with van der Waals surface area (Å²) in [5.41, 5.74) is 4.96. The maximum absolute atomic E-state index is 6.35. The third kappa shape index (κ3) is 3.94. The van der Waals surface area contributed by atoms with E-state index in [0.717, 1.165) is 39.4 Å². The third-order valence-electron chi connectivity index (χ3n) is 4.68. The van der Waals surface area contributed by atoms with Crippen LogP contribution in [0, 0.1) is 6.92 Å². The second-order valence-corrected chi connectivity index (χ2v) is 8.11. The van der Waals surface area contributed by atoms with Crippen molar-refractivity contribution in [1.29, 1.82) is 0 Å². The molecule has 4 aromatic rings. The minimum atomic E-state index is -0.106. The number of H-pyrrole nitrogens is 1. The number of rotatable bonds is 3. The van der Waals surface area contributed by atoms with Crippen LogP contribution in [0.4, 0.5) is 0 Å². The SMILES string of the molecule is COc1nc(-c2ccccc2Cl)cc2nc(-c3cnn(C(C)(C)C)c3C)[nH]c12.[NaH]. The van der Waals surface area contributed by atoms with Gasteiger partial charge in [-0.25, -0.2) is 9.97 Å². The summed E-state index contributed by atoms with van der Waals surface area (Å²) in [6.07, 6.45) is 1.84. The second-order valence-electron chi connectivity index (χ2n) is 7.70. The molecule has 0 atom stereocenters. The second kappa shape index (κ2) is 8.11. The van der Waals surface area contributed by atoms with E-state index < -0.39 is 0 Å². The van der Waals surface area contributed by atoms with E-state index >= 15 is 0 Å². The normalized spacial score (nSPS) is 11.5. The van der Waals surface area contributed by atoms with Gasteiger partial charge >= 0.3 is 29.6 Å². The van der Waals surface area contributed by atoms with Crippen molar-refractivity contribution in [3.63, 3.8) is 0 Å². The summed E-state index contributed by atoms with van der Waals surface area (Å²) in [4.78, 5) is 12.8. The number of ether oxygens (including phenoxy) is 1. The summed E-state index contributed by atoms with van der Waals surface area (Å²) >= 11 is 6.35. The number of nitrogens with zero attached hydrogens (tertiary/aromatic N) is 4. The zero-order valence-electron chi connectivity index (χ0n) is 16.5. The van der Waals surface area contributed by atoms with Gasteiger partial charge in [-0.1, -0.05) is 29.8 Å². The summed E-state index contributed by atoms with van der Waals surface area (Å²) in [5.74, 6) is 1.21. The van der Waals surface area contributed by atoms with Gasteiger partial charge in [0.1, 0.15) is 11.3 Å². The molecule has 146 valence electrons. The molecule has 0 amide bonds. The van der Waals surface area contributed by atoms with Crippen molar-refractivity contribution in [2.24, 2.45) is 0 Å². The Morgan fingerprint density at radius 2 is 1.83 bits per heavy atom. The first-order valence-corrected chi connectivity index (χ1v) is 9.42. The number of halogens is 1. The Hall–Kier alpha value is -1.86.